The minimum Gasteiger partial charge on any atom is -0.337 e. The van der Waals surface area contributed by atoms with Gasteiger partial charge in [0.05, 0.1) is 6.61 Å². The molecule has 0 aromatic heterocycles. The van der Waals surface area contributed by atoms with Crippen LogP contribution in [0.1, 0.15) is 111 Å². The molecular formula is C20H41ClO4S. The van der Waals surface area contributed by atoms with Crippen LogP contribution in [0.4, 0.5) is 0 Å². The largest absolute Gasteiger partial charge is 0.337 e. The minimum atomic E-state index is -3.92. The zero-order valence-electron chi connectivity index (χ0n) is 17.2. The summed E-state index contributed by atoms with van der Waals surface area (Å²) in [5.41, 5.74) is 0. The molecule has 1 atom stereocenters. The molecule has 1 unspecified atom stereocenters. The van der Waals surface area contributed by atoms with E-state index in [0.29, 0.717) is 6.61 Å². The third kappa shape index (κ3) is 13.3. The van der Waals surface area contributed by atoms with E-state index in [1.807, 2.05) is 0 Å². The number of ether oxygens (including phenoxy) is 2. The van der Waals surface area contributed by atoms with Crippen molar-refractivity contribution in [3.63, 3.8) is 0 Å². The summed E-state index contributed by atoms with van der Waals surface area (Å²) in [6.07, 6.45) is 18.0. The lowest BCUT2D eigenvalue weighted by molar-refractivity contribution is -0.161. The van der Waals surface area contributed by atoms with Crippen LogP contribution in [0.5, 0.6) is 0 Å². The molecule has 6 heteroatoms. The smallest absolute Gasteiger partial charge is 0.288 e. The summed E-state index contributed by atoms with van der Waals surface area (Å²) >= 11 is 0. The second-order valence-corrected chi connectivity index (χ2v) is 10.0. The molecule has 0 bridgehead atoms. The van der Waals surface area contributed by atoms with Gasteiger partial charge in [-0.3, -0.25) is 0 Å². The van der Waals surface area contributed by atoms with Crippen LogP contribution in [0.3, 0.4) is 0 Å². The molecule has 0 saturated heterocycles. The van der Waals surface area contributed by atoms with E-state index in [9.17, 15) is 8.42 Å². The van der Waals surface area contributed by atoms with Crippen LogP contribution in [0.2, 0.25) is 0 Å². The van der Waals surface area contributed by atoms with E-state index in [1.54, 1.807) is 6.92 Å². The van der Waals surface area contributed by atoms with Crippen molar-refractivity contribution < 1.29 is 17.9 Å². The fourth-order valence-electron chi connectivity index (χ4n) is 3.00. The van der Waals surface area contributed by atoms with E-state index >= 15 is 0 Å². The van der Waals surface area contributed by atoms with Crippen LogP contribution in [0.25, 0.3) is 0 Å². The Balaban J connectivity index is 3.46. The van der Waals surface area contributed by atoms with Crippen molar-refractivity contribution in [2.75, 3.05) is 13.2 Å². The van der Waals surface area contributed by atoms with Crippen molar-refractivity contribution in [2.45, 2.75) is 116 Å². The molecule has 0 radical (unpaired) electrons. The van der Waals surface area contributed by atoms with Gasteiger partial charge in [-0.1, -0.05) is 90.4 Å². The highest BCUT2D eigenvalue weighted by molar-refractivity contribution is 8.14. The van der Waals surface area contributed by atoms with E-state index in [1.165, 1.54) is 84.0 Å². The first-order valence-electron chi connectivity index (χ1n) is 10.6. The van der Waals surface area contributed by atoms with Gasteiger partial charge in [0.15, 0.2) is 0 Å². The van der Waals surface area contributed by atoms with E-state index in [-0.39, 0.29) is 6.61 Å². The van der Waals surface area contributed by atoms with Gasteiger partial charge in [0.25, 0.3) is 14.2 Å². The fraction of sp³-hybridized carbons (Fsp3) is 1.00. The first-order valence-corrected chi connectivity index (χ1v) is 12.9. The lowest BCUT2D eigenvalue weighted by Crippen LogP contribution is -2.38. The van der Waals surface area contributed by atoms with Gasteiger partial charge in [-0.25, -0.2) is 8.42 Å². The van der Waals surface area contributed by atoms with E-state index in [0.717, 1.165) is 12.8 Å². The van der Waals surface area contributed by atoms with Gasteiger partial charge in [-0.05, 0) is 13.3 Å². The normalized spacial score (nSPS) is 14.5. The molecule has 0 spiro atoms. The molecule has 0 aromatic carbocycles. The highest BCUT2D eigenvalue weighted by Gasteiger charge is 2.40. The molecule has 0 saturated carbocycles. The molecule has 0 rings (SSSR count). The van der Waals surface area contributed by atoms with E-state index in [2.05, 4.69) is 6.92 Å². The Hall–Kier alpha value is 0.160. The summed E-state index contributed by atoms with van der Waals surface area (Å²) < 4.78 is 33.6. The summed E-state index contributed by atoms with van der Waals surface area (Å²) in [5, 5.41) is -1.74. The van der Waals surface area contributed by atoms with Crippen LogP contribution < -0.4 is 0 Å². The zero-order valence-corrected chi connectivity index (χ0v) is 18.8. The van der Waals surface area contributed by atoms with Crippen molar-refractivity contribution >= 4 is 19.7 Å². The zero-order chi connectivity index (χ0) is 19.7. The Bertz CT molecular complexity index is 414. The Kier molecular flexibility index (Phi) is 16.2. The molecule has 4 nitrogen and oxygen atoms in total. The second kappa shape index (κ2) is 16.1. The maximum atomic E-state index is 11.5. The molecule has 0 amide bonds. The number of hydrogen-bond donors (Lipinski definition) is 0. The quantitative estimate of drug-likeness (QED) is 0.133. The molecule has 0 aliphatic rings. The summed E-state index contributed by atoms with van der Waals surface area (Å²) in [7, 11) is 1.49. The molecular weight excluding hydrogens is 372 g/mol. The average molecular weight is 413 g/mol. The fourth-order valence-corrected chi connectivity index (χ4v) is 3.75. The third-order valence-electron chi connectivity index (χ3n) is 4.71. The van der Waals surface area contributed by atoms with E-state index in [4.69, 9.17) is 20.2 Å². The topological polar surface area (TPSA) is 52.6 Å². The maximum absolute atomic E-state index is 11.5. The second-order valence-electron chi connectivity index (χ2n) is 7.18. The molecule has 0 aliphatic heterocycles. The van der Waals surface area contributed by atoms with Crippen LogP contribution in [0, 0.1) is 0 Å². The third-order valence-corrected chi connectivity index (χ3v) is 6.67. The van der Waals surface area contributed by atoms with Crippen molar-refractivity contribution in [3.8, 4) is 0 Å². The molecule has 0 aliphatic carbocycles. The summed E-state index contributed by atoms with van der Waals surface area (Å²) in [6.45, 7) is 5.93. The van der Waals surface area contributed by atoms with Gasteiger partial charge in [0.2, 0.25) is 0 Å². The van der Waals surface area contributed by atoms with Crippen LogP contribution in [0.15, 0.2) is 0 Å². The van der Waals surface area contributed by atoms with Gasteiger partial charge >= 0.3 is 0 Å². The number of rotatable bonds is 19. The van der Waals surface area contributed by atoms with Crippen LogP contribution in [-0.2, 0) is 18.5 Å². The first-order chi connectivity index (χ1) is 12.4. The van der Waals surface area contributed by atoms with Crippen molar-refractivity contribution in [1.29, 1.82) is 0 Å². The van der Waals surface area contributed by atoms with Crippen molar-refractivity contribution in [1.82, 2.24) is 0 Å². The SMILES string of the molecule is CCCCCCCCCCCCCCCCOC(C)(OCC)S(=O)(=O)Cl. The molecule has 0 heterocycles. The van der Waals surface area contributed by atoms with E-state index < -0.39 is 14.2 Å². The maximum Gasteiger partial charge on any atom is 0.288 e. The first kappa shape index (κ1) is 26.2. The predicted octanol–water partition coefficient (Wildman–Crippen LogP) is 6.76. The lowest BCUT2D eigenvalue weighted by atomic mass is 10.0. The van der Waals surface area contributed by atoms with Gasteiger partial charge < -0.3 is 9.47 Å². The number of unbranched alkanes of at least 4 members (excludes halogenated alkanes) is 13. The summed E-state index contributed by atoms with van der Waals surface area (Å²) in [4.78, 5) is 0. The van der Waals surface area contributed by atoms with Gasteiger partial charge in [0, 0.05) is 24.2 Å². The molecule has 0 aromatic rings. The van der Waals surface area contributed by atoms with Crippen molar-refractivity contribution in [3.05, 3.63) is 0 Å². The Morgan fingerprint density at radius 1 is 0.692 bits per heavy atom. The van der Waals surface area contributed by atoms with Crippen LogP contribution in [-0.4, -0.2) is 26.8 Å². The predicted molar refractivity (Wildman–Crippen MR) is 111 cm³/mol. The highest BCUT2D eigenvalue weighted by Crippen LogP contribution is 2.25. The van der Waals surface area contributed by atoms with Crippen molar-refractivity contribution in [2.24, 2.45) is 0 Å². The summed E-state index contributed by atoms with van der Waals surface area (Å²) in [6, 6.07) is 0. The minimum absolute atomic E-state index is 0.237. The average Bonchev–Trinajstić information content (AvgIpc) is 2.57. The van der Waals surface area contributed by atoms with Crippen LogP contribution >= 0.6 is 10.7 Å². The van der Waals surface area contributed by atoms with Gasteiger partial charge in [-0.15, -0.1) is 0 Å². The molecule has 0 fully saturated rings. The Morgan fingerprint density at radius 3 is 1.42 bits per heavy atom. The Labute approximate surface area is 166 Å². The standard InChI is InChI=1S/C20H41ClO4S/c1-4-6-7-8-9-10-11-12-13-14-15-16-17-18-19-25-20(3,24-5-2)26(21,22)23/h4-19H2,1-3H3. The molecule has 0 N–H and O–H groups in total. The highest BCUT2D eigenvalue weighted by atomic mass is 35.7. The Morgan fingerprint density at radius 2 is 1.08 bits per heavy atom. The monoisotopic (exact) mass is 412 g/mol. The number of hydrogen-bond acceptors (Lipinski definition) is 4. The van der Waals surface area contributed by atoms with Gasteiger partial charge in [0.1, 0.15) is 0 Å². The number of halogens is 1. The summed E-state index contributed by atoms with van der Waals surface area (Å²) in [5.74, 6) is 0. The molecule has 158 valence electrons. The lowest BCUT2D eigenvalue weighted by Gasteiger charge is -2.25. The molecule has 26 heavy (non-hydrogen) atoms. The van der Waals surface area contributed by atoms with Gasteiger partial charge in [-0.2, -0.15) is 0 Å².